The Balaban J connectivity index is 1.39. The highest BCUT2D eigenvalue weighted by molar-refractivity contribution is 6.31. The van der Waals surface area contributed by atoms with Gasteiger partial charge in [-0.1, -0.05) is 29.8 Å². The minimum Gasteiger partial charge on any atom is -0.366 e. The number of ether oxygens (including phenoxy) is 1. The summed E-state index contributed by atoms with van der Waals surface area (Å²) in [5.41, 5.74) is 2.04. The number of benzene rings is 2. The van der Waals surface area contributed by atoms with Gasteiger partial charge < -0.3 is 19.9 Å². The standard InChI is InChI=1S/C21H23ClFN3O3/c1-15-6-7-16(12-17(15)22)24-20(27)13-29-14-21(28)26-10-8-25(9-11-26)19-5-3-2-4-18(19)23/h2-7,12H,8-11,13-14H2,1H3,(H,24,27). The SMILES string of the molecule is Cc1ccc(NC(=O)COCC(=O)N2CCN(c3ccccc3F)CC2)cc1Cl. The van der Waals surface area contributed by atoms with Crippen LogP contribution in [-0.2, 0) is 14.3 Å². The Bertz CT molecular complexity index is 885. The third-order valence-corrected chi connectivity index (χ3v) is 5.15. The van der Waals surface area contributed by atoms with Gasteiger partial charge >= 0.3 is 0 Å². The van der Waals surface area contributed by atoms with Crippen molar-refractivity contribution in [3.8, 4) is 0 Å². The molecule has 2 amide bonds. The zero-order valence-corrected chi connectivity index (χ0v) is 16.9. The van der Waals surface area contributed by atoms with Crippen LogP contribution >= 0.6 is 11.6 Å². The van der Waals surface area contributed by atoms with E-state index in [1.54, 1.807) is 35.2 Å². The van der Waals surface area contributed by atoms with Gasteiger partial charge in [0.25, 0.3) is 0 Å². The Morgan fingerprint density at radius 3 is 2.52 bits per heavy atom. The maximum atomic E-state index is 13.9. The Kier molecular flexibility index (Phi) is 7.06. The zero-order chi connectivity index (χ0) is 20.8. The fourth-order valence-electron chi connectivity index (χ4n) is 3.09. The molecular formula is C21H23ClFN3O3. The van der Waals surface area contributed by atoms with Gasteiger partial charge in [-0.2, -0.15) is 0 Å². The predicted molar refractivity (Wildman–Crippen MR) is 111 cm³/mol. The highest BCUT2D eigenvalue weighted by Gasteiger charge is 2.22. The zero-order valence-electron chi connectivity index (χ0n) is 16.2. The minimum atomic E-state index is -0.359. The molecule has 0 aliphatic carbocycles. The normalized spacial score (nSPS) is 14.0. The summed E-state index contributed by atoms with van der Waals surface area (Å²) < 4.78 is 19.1. The van der Waals surface area contributed by atoms with Gasteiger partial charge in [0.15, 0.2) is 0 Å². The lowest BCUT2D eigenvalue weighted by Crippen LogP contribution is -2.50. The van der Waals surface area contributed by atoms with Crippen molar-refractivity contribution in [3.05, 3.63) is 58.9 Å². The van der Waals surface area contributed by atoms with Crippen LogP contribution in [0, 0.1) is 12.7 Å². The molecule has 0 spiro atoms. The van der Waals surface area contributed by atoms with Gasteiger partial charge in [-0.05, 0) is 36.8 Å². The van der Waals surface area contributed by atoms with Crippen LogP contribution < -0.4 is 10.2 Å². The van der Waals surface area contributed by atoms with Crippen molar-refractivity contribution in [2.75, 3.05) is 49.6 Å². The molecule has 0 saturated carbocycles. The van der Waals surface area contributed by atoms with Crippen LogP contribution in [0.3, 0.4) is 0 Å². The maximum absolute atomic E-state index is 13.9. The van der Waals surface area contributed by atoms with E-state index in [0.29, 0.717) is 42.6 Å². The number of carbonyl (C=O) groups excluding carboxylic acids is 2. The molecule has 2 aromatic carbocycles. The summed E-state index contributed by atoms with van der Waals surface area (Å²) in [5.74, 6) is -0.817. The molecule has 154 valence electrons. The average Bonchev–Trinajstić information content (AvgIpc) is 2.71. The number of anilines is 2. The fourth-order valence-corrected chi connectivity index (χ4v) is 3.28. The number of piperazine rings is 1. The lowest BCUT2D eigenvalue weighted by Gasteiger charge is -2.36. The number of para-hydroxylation sites is 1. The first-order valence-electron chi connectivity index (χ1n) is 9.35. The molecule has 2 aromatic rings. The number of rotatable bonds is 6. The van der Waals surface area contributed by atoms with Crippen molar-refractivity contribution in [1.29, 1.82) is 0 Å². The molecule has 1 saturated heterocycles. The maximum Gasteiger partial charge on any atom is 0.250 e. The highest BCUT2D eigenvalue weighted by Crippen LogP contribution is 2.21. The molecule has 1 heterocycles. The summed E-state index contributed by atoms with van der Waals surface area (Å²) in [6.45, 7) is 3.50. The van der Waals surface area contributed by atoms with Crippen LogP contribution in [0.1, 0.15) is 5.56 Å². The molecule has 3 rings (SSSR count). The predicted octanol–water partition coefficient (Wildman–Crippen LogP) is 3.09. The van der Waals surface area contributed by atoms with Gasteiger partial charge in [0.1, 0.15) is 19.0 Å². The Hall–Kier alpha value is -2.64. The largest absolute Gasteiger partial charge is 0.366 e. The first-order chi connectivity index (χ1) is 13.9. The monoisotopic (exact) mass is 419 g/mol. The molecule has 1 fully saturated rings. The van der Waals surface area contributed by atoms with Crippen molar-refractivity contribution in [1.82, 2.24) is 4.90 Å². The molecule has 6 nitrogen and oxygen atoms in total. The molecule has 0 unspecified atom stereocenters. The number of hydrogen-bond donors (Lipinski definition) is 1. The number of aryl methyl sites for hydroxylation is 1. The number of nitrogens with zero attached hydrogens (tertiary/aromatic N) is 2. The third-order valence-electron chi connectivity index (χ3n) is 4.74. The van der Waals surface area contributed by atoms with Gasteiger partial charge in [0.05, 0.1) is 5.69 Å². The molecular weight excluding hydrogens is 397 g/mol. The first-order valence-corrected chi connectivity index (χ1v) is 9.73. The quantitative estimate of drug-likeness (QED) is 0.781. The summed E-state index contributed by atoms with van der Waals surface area (Å²) in [7, 11) is 0. The Morgan fingerprint density at radius 1 is 1.10 bits per heavy atom. The van der Waals surface area contributed by atoms with Crippen molar-refractivity contribution in [3.63, 3.8) is 0 Å². The third kappa shape index (κ3) is 5.68. The van der Waals surface area contributed by atoms with Crippen molar-refractivity contribution >= 4 is 34.8 Å². The second kappa shape index (κ2) is 9.71. The molecule has 0 radical (unpaired) electrons. The summed E-state index contributed by atoms with van der Waals surface area (Å²) in [6, 6.07) is 11.8. The summed E-state index contributed by atoms with van der Waals surface area (Å²) in [6.07, 6.45) is 0. The van der Waals surface area contributed by atoms with Crippen LogP contribution in [0.5, 0.6) is 0 Å². The Labute approximate surface area is 174 Å². The van der Waals surface area contributed by atoms with Gasteiger partial charge in [-0.15, -0.1) is 0 Å². The number of halogens is 2. The molecule has 0 bridgehead atoms. The number of carbonyl (C=O) groups is 2. The van der Waals surface area contributed by atoms with Crippen LogP contribution in [0.2, 0.25) is 5.02 Å². The van der Waals surface area contributed by atoms with Crippen LogP contribution in [0.4, 0.5) is 15.8 Å². The molecule has 1 aliphatic rings. The van der Waals surface area contributed by atoms with E-state index in [0.717, 1.165) is 5.56 Å². The van der Waals surface area contributed by atoms with E-state index >= 15 is 0 Å². The van der Waals surface area contributed by atoms with Crippen LogP contribution in [0.15, 0.2) is 42.5 Å². The van der Waals surface area contributed by atoms with E-state index in [4.69, 9.17) is 16.3 Å². The minimum absolute atomic E-state index is 0.179. The summed E-state index contributed by atoms with van der Waals surface area (Å²) in [4.78, 5) is 27.8. The summed E-state index contributed by atoms with van der Waals surface area (Å²) >= 11 is 6.03. The van der Waals surface area contributed by atoms with Gasteiger partial charge in [-0.25, -0.2) is 4.39 Å². The van der Waals surface area contributed by atoms with Crippen molar-refractivity contribution < 1.29 is 18.7 Å². The topological polar surface area (TPSA) is 61.9 Å². The fraction of sp³-hybridized carbons (Fsp3) is 0.333. The first kappa shape index (κ1) is 21.1. The number of nitrogens with one attached hydrogen (secondary N) is 1. The van der Waals surface area contributed by atoms with Crippen molar-refractivity contribution in [2.24, 2.45) is 0 Å². The smallest absolute Gasteiger partial charge is 0.250 e. The van der Waals surface area contributed by atoms with E-state index in [-0.39, 0.29) is 30.8 Å². The van der Waals surface area contributed by atoms with Crippen LogP contribution in [0.25, 0.3) is 0 Å². The molecule has 29 heavy (non-hydrogen) atoms. The van der Waals surface area contributed by atoms with E-state index in [1.807, 2.05) is 17.9 Å². The highest BCUT2D eigenvalue weighted by atomic mass is 35.5. The molecule has 1 N–H and O–H groups in total. The lowest BCUT2D eigenvalue weighted by atomic mass is 10.2. The van der Waals surface area contributed by atoms with Gasteiger partial charge in [0.2, 0.25) is 11.8 Å². The second-order valence-electron chi connectivity index (χ2n) is 6.82. The average molecular weight is 420 g/mol. The van der Waals surface area contributed by atoms with E-state index in [2.05, 4.69) is 5.32 Å². The second-order valence-corrected chi connectivity index (χ2v) is 7.23. The summed E-state index contributed by atoms with van der Waals surface area (Å²) in [5, 5.41) is 3.24. The number of hydrogen-bond acceptors (Lipinski definition) is 4. The molecule has 8 heteroatoms. The molecule has 0 aromatic heterocycles. The van der Waals surface area contributed by atoms with Crippen LogP contribution in [-0.4, -0.2) is 56.1 Å². The number of amides is 2. The van der Waals surface area contributed by atoms with E-state index < -0.39 is 0 Å². The Morgan fingerprint density at radius 2 is 1.83 bits per heavy atom. The van der Waals surface area contributed by atoms with E-state index in [1.165, 1.54) is 6.07 Å². The van der Waals surface area contributed by atoms with E-state index in [9.17, 15) is 14.0 Å². The molecule has 1 aliphatic heterocycles. The lowest BCUT2D eigenvalue weighted by molar-refractivity contribution is -0.137. The molecule has 0 atom stereocenters. The van der Waals surface area contributed by atoms with Gasteiger partial charge in [-0.3, -0.25) is 9.59 Å². The van der Waals surface area contributed by atoms with Crippen molar-refractivity contribution in [2.45, 2.75) is 6.92 Å². The van der Waals surface area contributed by atoms with Gasteiger partial charge in [0, 0.05) is 36.9 Å².